The number of ether oxygens (including phenoxy) is 2. The van der Waals surface area contributed by atoms with Gasteiger partial charge in [-0.25, -0.2) is 4.39 Å². The number of carbonyl (C=O) groups excluding carboxylic acids is 2. The minimum atomic E-state index is -0.504. The normalized spacial score (nSPS) is 10.3. The van der Waals surface area contributed by atoms with E-state index in [0.29, 0.717) is 22.2 Å². The summed E-state index contributed by atoms with van der Waals surface area (Å²) in [5, 5.41) is 13.7. The molecular formula is C21H19FN4O4S. The molecular weight excluding hydrogens is 423 g/mol. The lowest BCUT2D eigenvalue weighted by Crippen LogP contribution is -2.15. The lowest BCUT2D eigenvalue weighted by molar-refractivity contribution is -0.113. The second-order valence-corrected chi connectivity index (χ2v) is 7.12. The summed E-state index contributed by atoms with van der Waals surface area (Å²) in [5.74, 6) is 0.154. The maximum Gasteiger partial charge on any atom is 0.256 e. The number of anilines is 2. The second kappa shape index (κ2) is 10.4. The summed E-state index contributed by atoms with van der Waals surface area (Å²) in [6.07, 6.45) is 0. The number of rotatable bonds is 8. The summed E-state index contributed by atoms with van der Waals surface area (Å²) in [6.45, 7) is 0. The van der Waals surface area contributed by atoms with Gasteiger partial charge in [0.25, 0.3) is 5.91 Å². The van der Waals surface area contributed by atoms with Crippen LogP contribution in [0.1, 0.15) is 10.4 Å². The molecule has 3 rings (SSSR count). The van der Waals surface area contributed by atoms with Gasteiger partial charge in [-0.15, -0.1) is 10.2 Å². The molecule has 0 bridgehead atoms. The third kappa shape index (κ3) is 6.16. The Morgan fingerprint density at radius 2 is 1.84 bits per heavy atom. The summed E-state index contributed by atoms with van der Waals surface area (Å²) in [6, 6.07) is 13.6. The van der Waals surface area contributed by atoms with Crippen LogP contribution in [-0.2, 0) is 4.79 Å². The smallest absolute Gasteiger partial charge is 0.256 e. The van der Waals surface area contributed by atoms with E-state index in [-0.39, 0.29) is 23.0 Å². The Kier molecular flexibility index (Phi) is 7.39. The first-order chi connectivity index (χ1) is 15.0. The predicted molar refractivity (Wildman–Crippen MR) is 115 cm³/mol. The zero-order chi connectivity index (χ0) is 22.2. The van der Waals surface area contributed by atoms with Gasteiger partial charge < -0.3 is 20.1 Å². The van der Waals surface area contributed by atoms with Crippen LogP contribution >= 0.6 is 11.8 Å². The number of hydrogen-bond acceptors (Lipinski definition) is 7. The van der Waals surface area contributed by atoms with Gasteiger partial charge in [-0.1, -0.05) is 17.8 Å². The van der Waals surface area contributed by atoms with E-state index in [1.54, 1.807) is 37.4 Å². The zero-order valence-electron chi connectivity index (χ0n) is 16.7. The van der Waals surface area contributed by atoms with E-state index in [0.717, 1.165) is 6.07 Å². The maximum atomic E-state index is 13.2. The molecule has 0 aliphatic rings. The van der Waals surface area contributed by atoms with Crippen LogP contribution in [0.25, 0.3) is 0 Å². The Morgan fingerprint density at radius 1 is 1.00 bits per heavy atom. The fraction of sp³-hybridized carbons (Fsp3) is 0.143. The van der Waals surface area contributed by atoms with Crippen LogP contribution < -0.4 is 20.1 Å². The van der Waals surface area contributed by atoms with Gasteiger partial charge in [-0.3, -0.25) is 9.59 Å². The number of amides is 2. The molecule has 0 saturated heterocycles. The lowest BCUT2D eigenvalue weighted by Gasteiger charge is -2.11. The van der Waals surface area contributed by atoms with E-state index in [1.807, 2.05) is 0 Å². The van der Waals surface area contributed by atoms with E-state index < -0.39 is 11.7 Å². The third-order valence-electron chi connectivity index (χ3n) is 4.00. The minimum absolute atomic E-state index is 0.0961. The minimum Gasteiger partial charge on any atom is -0.497 e. The highest BCUT2D eigenvalue weighted by atomic mass is 32.2. The van der Waals surface area contributed by atoms with E-state index in [9.17, 15) is 14.0 Å². The number of benzene rings is 2. The molecule has 31 heavy (non-hydrogen) atoms. The van der Waals surface area contributed by atoms with E-state index in [2.05, 4.69) is 20.8 Å². The van der Waals surface area contributed by atoms with Crippen LogP contribution in [0.4, 0.5) is 15.9 Å². The second-order valence-electron chi connectivity index (χ2n) is 6.12. The van der Waals surface area contributed by atoms with Crippen molar-refractivity contribution in [3.05, 3.63) is 66.0 Å². The lowest BCUT2D eigenvalue weighted by atomic mass is 10.2. The van der Waals surface area contributed by atoms with Crippen molar-refractivity contribution in [3.63, 3.8) is 0 Å². The number of hydrogen-bond donors (Lipinski definition) is 2. The van der Waals surface area contributed by atoms with E-state index in [4.69, 9.17) is 9.47 Å². The van der Waals surface area contributed by atoms with Gasteiger partial charge in [0.2, 0.25) is 5.91 Å². The molecule has 10 heteroatoms. The molecule has 1 heterocycles. The molecule has 2 amide bonds. The number of nitrogens with zero attached hydrogens (tertiary/aromatic N) is 2. The van der Waals surface area contributed by atoms with Crippen LogP contribution in [0.3, 0.4) is 0 Å². The SMILES string of the molecule is COc1ccc(NC(=O)CSc2ccc(NC(=O)c3cccc(F)c3)nn2)c(OC)c1. The molecule has 0 radical (unpaired) electrons. The number of halogens is 1. The van der Waals surface area contributed by atoms with Gasteiger partial charge in [0.15, 0.2) is 5.82 Å². The molecule has 160 valence electrons. The Labute approximate surface area is 182 Å². The zero-order valence-corrected chi connectivity index (χ0v) is 17.5. The molecule has 2 N–H and O–H groups in total. The molecule has 0 aliphatic carbocycles. The summed E-state index contributed by atoms with van der Waals surface area (Å²) < 4.78 is 23.6. The van der Waals surface area contributed by atoms with Crippen LogP contribution in [0.5, 0.6) is 11.5 Å². The summed E-state index contributed by atoms with van der Waals surface area (Å²) in [7, 11) is 3.05. The van der Waals surface area contributed by atoms with Crippen molar-refractivity contribution < 1.29 is 23.5 Å². The van der Waals surface area contributed by atoms with Crippen LogP contribution in [-0.4, -0.2) is 42.0 Å². The average Bonchev–Trinajstić information content (AvgIpc) is 2.79. The first-order valence-electron chi connectivity index (χ1n) is 9.04. The van der Waals surface area contributed by atoms with Gasteiger partial charge in [-0.2, -0.15) is 0 Å². The average molecular weight is 442 g/mol. The van der Waals surface area contributed by atoms with Crippen LogP contribution in [0, 0.1) is 5.82 Å². The largest absolute Gasteiger partial charge is 0.497 e. The number of methoxy groups -OCH3 is 2. The van der Waals surface area contributed by atoms with Crippen LogP contribution in [0.15, 0.2) is 59.6 Å². The molecule has 0 fully saturated rings. The number of thioether (sulfide) groups is 1. The van der Waals surface area contributed by atoms with Crippen LogP contribution in [0.2, 0.25) is 0 Å². The van der Waals surface area contributed by atoms with Crippen molar-refractivity contribution >= 4 is 35.1 Å². The fourth-order valence-electron chi connectivity index (χ4n) is 2.51. The predicted octanol–water partition coefficient (Wildman–Crippen LogP) is 3.62. The molecule has 2 aromatic carbocycles. The molecule has 0 unspecified atom stereocenters. The molecule has 1 aromatic heterocycles. The molecule has 0 saturated carbocycles. The van der Waals surface area contributed by atoms with Crippen molar-refractivity contribution in [1.29, 1.82) is 0 Å². The van der Waals surface area contributed by atoms with Crippen molar-refractivity contribution in [2.75, 3.05) is 30.6 Å². The first kappa shape index (κ1) is 22.0. The van der Waals surface area contributed by atoms with Crippen molar-refractivity contribution in [3.8, 4) is 11.5 Å². The summed E-state index contributed by atoms with van der Waals surface area (Å²) in [4.78, 5) is 24.4. The van der Waals surface area contributed by atoms with E-state index in [1.165, 1.54) is 37.1 Å². The topological polar surface area (TPSA) is 102 Å². The Balaban J connectivity index is 1.53. The molecule has 0 aliphatic heterocycles. The molecule has 8 nitrogen and oxygen atoms in total. The quantitative estimate of drug-likeness (QED) is 0.514. The monoisotopic (exact) mass is 442 g/mol. The summed E-state index contributed by atoms with van der Waals surface area (Å²) >= 11 is 1.18. The number of nitrogens with one attached hydrogen (secondary N) is 2. The first-order valence-corrected chi connectivity index (χ1v) is 10.0. The Morgan fingerprint density at radius 3 is 2.52 bits per heavy atom. The molecule has 0 spiro atoms. The molecule has 0 atom stereocenters. The van der Waals surface area contributed by atoms with E-state index >= 15 is 0 Å². The number of carbonyl (C=O) groups is 2. The molecule has 3 aromatic rings. The van der Waals surface area contributed by atoms with Gasteiger partial charge in [0, 0.05) is 11.6 Å². The van der Waals surface area contributed by atoms with Crippen molar-refractivity contribution in [1.82, 2.24) is 10.2 Å². The van der Waals surface area contributed by atoms with Gasteiger partial charge in [-0.05, 0) is 42.5 Å². The highest BCUT2D eigenvalue weighted by Crippen LogP contribution is 2.29. The highest BCUT2D eigenvalue weighted by Gasteiger charge is 2.11. The van der Waals surface area contributed by atoms with Crippen molar-refractivity contribution in [2.45, 2.75) is 5.03 Å². The number of aromatic nitrogens is 2. The van der Waals surface area contributed by atoms with Gasteiger partial charge in [0.1, 0.15) is 22.3 Å². The Hall–Kier alpha value is -3.66. The Bertz CT molecular complexity index is 1080. The van der Waals surface area contributed by atoms with Gasteiger partial charge >= 0.3 is 0 Å². The van der Waals surface area contributed by atoms with Gasteiger partial charge in [0.05, 0.1) is 25.7 Å². The van der Waals surface area contributed by atoms with Crippen molar-refractivity contribution in [2.24, 2.45) is 0 Å². The third-order valence-corrected chi connectivity index (χ3v) is 4.92. The fourth-order valence-corrected chi connectivity index (χ4v) is 3.12. The summed E-state index contributed by atoms with van der Waals surface area (Å²) in [5.41, 5.74) is 0.696. The standard InChI is InChI=1S/C21H19FN4O4S/c1-29-15-6-7-16(17(11-15)30-2)23-19(27)12-31-20-9-8-18(25-26-20)24-21(28)13-4-3-5-14(22)10-13/h3-11H,12H2,1-2H3,(H,23,27)(H,24,25,28). The maximum absolute atomic E-state index is 13.2. The highest BCUT2D eigenvalue weighted by molar-refractivity contribution is 7.99.